The molecule has 0 atom stereocenters. The van der Waals surface area contributed by atoms with Crippen LogP contribution in [0.4, 0.5) is 5.13 Å². The van der Waals surface area contributed by atoms with E-state index in [9.17, 15) is 4.79 Å². The number of hydrogen-bond acceptors (Lipinski definition) is 4. The molecule has 25 heavy (non-hydrogen) atoms. The van der Waals surface area contributed by atoms with Crippen molar-refractivity contribution in [2.75, 3.05) is 12.4 Å². The van der Waals surface area contributed by atoms with Crippen molar-refractivity contribution in [3.63, 3.8) is 0 Å². The van der Waals surface area contributed by atoms with Crippen molar-refractivity contribution < 1.29 is 9.53 Å². The van der Waals surface area contributed by atoms with Gasteiger partial charge in [-0.3, -0.25) is 10.1 Å². The van der Waals surface area contributed by atoms with E-state index in [4.69, 9.17) is 16.3 Å². The Kier molecular flexibility index (Phi) is 5.78. The van der Waals surface area contributed by atoms with Crippen LogP contribution in [0.5, 0.6) is 5.75 Å². The average Bonchev–Trinajstić information content (AvgIpc) is 2.96. The number of carbonyl (C=O) groups excluding carboxylic acids is 1. The van der Waals surface area contributed by atoms with Crippen LogP contribution < -0.4 is 10.1 Å². The van der Waals surface area contributed by atoms with Gasteiger partial charge in [-0.05, 0) is 46.3 Å². The van der Waals surface area contributed by atoms with E-state index in [2.05, 4.69) is 42.2 Å². The molecule has 1 aromatic heterocycles. The predicted molar refractivity (Wildman–Crippen MR) is 111 cm³/mol. The maximum atomic E-state index is 12.2. The van der Waals surface area contributed by atoms with Gasteiger partial charge in [-0.15, -0.1) is 0 Å². The molecule has 0 aliphatic rings. The van der Waals surface area contributed by atoms with Gasteiger partial charge in [0.25, 0.3) is 0 Å². The summed E-state index contributed by atoms with van der Waals surface area (Å²) in [4.78, 5) is 16.5. The number of halogens is 3. The maximum Gasteiger partial charge on any atom is 0.250 e. The molecule has 0 aliphatic carbocycles. The minimum Gasteiger partial charge on any atom is -0.495 e. The van der Waals surface area contributed by atoms with Crippen molar-refractivity contribution in [1.29, 1.82) is 0 Å². The first-order chi connectivity index (χ1) is 12.0. The number of aromatic nitrogens is 1. The molecule has 0 spiro atoms. The number of nitrogens with one attached hydrogen (secondary N) is 1. The van der Waals surface area contributed by atoms with Gasteiger partial charge in [-0.1, -0.05) is 44.9 Å². The third-order valence-corrected chi connectivity index (χ3v) is 5.54. The zero-order valence-corrected chi connectivity index (χ0v) is 17.6. The number of fused-ring (bicyclic) bond motifs is 1. The zero-order chi connectivity index (χ0) is 18.0. The van der Waals surface area contributed by atoms with Gasteiger partial charge in [-0.25, -0.2) is 4.98 Å². The summed E-state index contributed by atoms with van der Waals surface area (Å²) in [6, 6.07) is 9.28. The fourth-order valence-corrected chi connectivity index (χ4v) is 4.79. The normalized spacial score (nSPS) is 11.2. The molecule has 2 aromatic carbocycles. The van der Waals surface area contributed by atoms with Crippen molar-refractivity contribution >= 4 is 82.1 Å². The molecule has 0 aliphatic heterocycles. The molecule has 0 fully saturated rings. The number of ether oxygens (including phenoxy) is 1. The van der Waals surface area contributed by atoms with E-state index < -0.39 is 0 Å². The summed E-state index contributed by atoms with van der Waals surface area (Å²) < 4.78 is 7.95. The Balaban J connectivity index is 1.80. The predicted octanol–water partition coefficient (Wildman–Crippen LogP) is 6.14. The lowest BCUT2D eigenvalue weighted by molar-refractivity contribution is -0.111. The van der Waals surface area contributed by atoms with Crippen molar-refractivity contribution in [3.8, 4) is 5.75 Å². The highest BCUT2D eigenvalue weighted by molar-refractivity contribution is 9.11. The molecule has 3 rings (SSSR count). The summed E-state index contributed by atoms with van der Waals surface area (Å²) in [5.74, 6) is 0.368. The van der Waals surface area contributed by atoms with E-state index in [-0.39, 0.29) is 5.91 Å². The van der Waals surface area contributed by atoms with Crippen LogP contribution in [-0.2, 0) is 4.79 Å². The van der Waals surface area contributed by atoms with Gasteiger partial charge >= 0.3 is 0 Å². The zero-order valence-electron chi connectivity index (χ0n) is 12.8. The summed E-state index contributed by atoms with van der Waals surface area (Å²) in [5.41, 5.74) is 1.46. The molecule has 0 saturated heterocycles. The third-order valence-electron chi connectivity index (χ3n) is 3.26. The maximum absolute atomic E-state index is 12.2. The van der Waals surface area contributed by atoms with Crippen LogP contribution in [-0.4, -0.2) is 18.0 Å². The van der Waals surface area contributed by atoms with Crippen LogP contribution in [0.3, 0.4) is 0 Å². The second-order valence-electron chi connectivity index (χ2n) is 4.94. The highest BCUT2D eigenvalue weighted by Gasteiger charge is 2.10. The minimum atomic E-state index is -0.284. The number of benzene rings is 2. The number of nitrogens with zero attached hydrogens (tertiary/aromatic N) is 1. The first-order valence-corrected chi connectivity index (χ1v) is 9.83. The molecule has 0 bridgehead atoms. The number of amides is 1. The fourth-order valence-electron chi connectivity index (χ4n) is 2.20. The standard InChI is InChI=1S/C17H11Br2ClN2O2S/c1-24-16-9(7-10(18)8-11(16)19)5-6-14(23)21-17-22-15-12(20)3-2-4-13(15)25-17/h2-8H,1H3,(H,21,22,23). The molecule has 0 radical (unpaired) electrons. The number of rotatable bonds is 4. The molecule has 1 amide bonds. The molecule has 8 heteroatoms. The Morgan fingerprint density at radius 3 is 2.88 bits per heavy atom. The number of hydrogen-bond donors (Lipinski definition) is 1. The van der Waals surface area contributed by atoms with Crippen LogP contribution in [0.15, 0.2) is 45.4 Å². The Bertz CT molecular complexity index is 988. The largest absolute Gasteiger partial charge is 0.495 e. The Morgan fingerprint density at radius 1 is 1.36 bits per heavy atom. The quantitative estimate of drug-likeness (QED) is 0.437. The lowest BCUT2D eigenvalue weighted by Crippen LogP contribution is -2.07. The van der Waals surface area contributed by atoms with Gasteiger partial charge in [0, 0.05) is 16.1 Å². The van der Waals surface area contributed by atoms with E-state index in [1.165, 1.54) is 17.4 Å². The van der Waals surface area contributed by atoms with E-state index in [0.717, 1.165) is 19.2 Å². The SMILES string of the molecule is COc1c(Br)cc(Br)cc1C=CC(=O)Nc1nc2c(Cl)cccc2s1. The summed E-state index contributed by atoms with van der Waals surface area (Å²) >= 11 is 14.3. The Hall–Kier alpha value is -1.41. The smallest absolute Gasteiger partial charge is 0.250 e. The molecular formula is C17H11Br2ClN2O2S. The molecular weight excluding hydrogens is 492 g/mol. The Morgan fingerprint density at radius 2 is 2.16 bits per heavy atom. The van der Waals surface area contributed by atoms with Gasteiger partial charge < -0.3 is 4.74 Å². The van der Waals surface area contributed by atoms with E-state index in [1.807, 2.05) is 24.3 Å². The average molecular weight is 503 g/mol. The summed E-state index contributed by atoms with van der Waals surface area (Å²) in [6.07, 6.45) is 3.12. The number of anilines is 1. The van der Waals surface area contributed by atoms with Crippen molar-refractivity contribution in [1.82, 2.24) is 4.98 Å². The fraction of sp³-hybridized carbons (Fsp3) is 0.0588. The van der Waals surface area contributed by atoms with Gasteiger partial charge in [-0.2, -0.15) is 0 Å². The topological polar surface area (TPSA) is 51.2 Å². The first kappa shape index (κ1) is 18.4. The van der Waals surface area contributed by atoms with Crippen LogP contribution in [0.25, 0.3) is 16.3 Å². The molecule has 1 heterocycles. The van der Waals surface area contributed by atoms with Gasteiger partial charge in [0.2, 0.25) is 5.91 Å². The van der Waals surface area contributed by atoms with Gasteiger partial charge in [0.1, 0.15) is 11.3 Å². The second-order valence-corrected chi connectivity index (χ2v) is 8.15. The van der Waals surface area contributed by atoms with E-state index >= 15 is 0 Å². The van der Waals surface area contributed by atoms with Crippen LogP contribution in [0.2, 0.25) is 5.02 Å². The summed E-state index contributed by atoms with van der Waals surface area (Å²) in [5, 5.41) is 3.82. The highest BCUT2D eigenvalue weighted by Crippen LogP contribution is 2.34. The number of methoxy groups -OCH3 is 1. The Labute approximate surface area is 170 Å². The van der Waals surface area contributed by atoms with E-state index in [1.54, 1.807) is 19.3 Å². The molecule has 1 N–H and O–H groups in total. The summed E-state index contributed by atoms with van der Waals surface area (Å²) in [7, 11) is 1.58. The van der Waals surface area contributed by atoms with Crippen molar-refractivity contribution in [2.24, 2.45) is 0 Å². The monoisotopic (exact) mass is 500 g/mol. The number of thiazole rings is 1. The lowest BCUT2D eigenvalue weighted by atomic mass is 10.2. The van der Waals surface area contributed by atoms with Crippen LogP contribution >= 0.6 is 54.8 Å². The van der Waals surface area contributed by atoms with Gasteiger partial charge in [0.05, 0.1) is 21.3 Å². The first-order valence-electron chi connectivity index (χ1n) is 7.05. The minimum absolute atomic E-state index is 0.284. The highest BCUT2D eigenvalue weighted by atomic mass is 79.9. The third kappa shape index (κ3) is 4.23. The van der Waals surface area contributed by atoms with Crippen molar-refractivity contribution in [3.05, 3.63) is 55.9 Å². The second kappa shape index (κ2) is 7.86. The van der Waals surface area contributed by atoms with E-state index in [0.29, 0.717) is 21.4 Å². The lowest BCUT2D eigenvalue weighted by Gasteiger charge is -2.08. The van der Waals surface area contributed by atoms with Crippen LogP contribution in [0, 0.1) is 0 Å². The molecule has 4 nitrogen and oxygen atoms in total. The number of para-hydroxylation sites is 1. The van der Waals surface area contributed by atoms with Gasteiger partial charge in [0.15, 0.2) is 5.13 Å². The summed E-state index contributed by atoms with van der Waals surface area (Å²) in [6.45, 7) is 0. The molecule has 0 unspecified atom stereocenters. The van der Waals surface area contributed by atoms with Crippen LogP contribution in [0.1, 0.15) is 5.56 Å². The number of carbonyl (C=O) groups is 1. The molecule has 128 valence electrons. The molecule has 3 aromatic rings. The molecule has 0 saturated carbocycles. The van der Waals surface area contributed by atoms with Crippen molar-refractivity contribution in [2.45, 2.75) is 0 Å².